The Balaban J connectivity index is 2.24. The molecule has 1 rings (SSSR count). The number of nitrogens with one attached hydrogen (secondary N) is 2. The van der Waals surface area contributed by atoms with Gasteiger partial charge in [0.2, 0.25) is 0 Å². The second kappa shape index (κ2) is 9.99. The van der Waals surface area contributed by atoms with E-state index in [4.69, 9.17) is 0 Å². The molecule has 0 aliphatic rings. The van der Waals surface area contributed by atoms with Crippen LogP contribution in [-0.2, 0) is 13.0 Å². The van der Waals surface area contributed by atoms with Crippen LogP contribution in [0.1, 0.15) is 44.2 Å². The van der Waals surface area contributed by atoms with Crippen molar-refractivity contribution in [3.63, 3.8) is 0 Å². The van der Waals surface area contributed by atoms with Crippen LogP contribution in [0.25, 0.3) is 0 Å². The fraction of sp³-hybridized carbons (Fsp3) is 0.647. The molecule has 0 radical (unpaired) electrons. The first kappa shape index (κ1) is 16.2. The van der Waals surface area contributed by atoms with Crippen LogP contribution >= 0.6 is 0 Å². The lowest BCUT2D eigenvalue weighted by atomic mass is 10.0. The highest BCUT2D eigenvalue weighted by Crippen LogP contribution is 2.09. The summed E-state index contributed by atoms with van der Waals surface area (Å²) in [6.45, 7) is 7.77. The molecule has 0 bridgehead atoms. The van der Waals surface area contributed by atoms with Gasteiger partial charge in [0.25, 0.3) is 0 Å². The third-order valence-corrected chi connectivity index (χ3v) is 3.46. The van der Waals surface area contributed by atoms with Crippen molar-refractivity contribution in [2.24, 2.45) is 5.92 Å². The summed E-state index contributed by atoms with van der Waals surface area (Å²) in [4.78, 5) is 0. The summed E-state index contributed by atoms with van der Waals surface area (Å²) in [5.41, 5.74) is 2.91. The molecule has 0 spiro atoms. The van der Waals surface area contributed by atoms with E-state index in [1.807, 2.05) is 7.05 Å². The molecule has 19 heavy (non-hydrogen) atoms. The maximum Gasteiger partial charge on any atom is 0.0208 e. The molecule has 0 aliphatic carbocycles. The van der Waals surface area contributed by atoms with Crippen LogP contribution in [-0.4, -0.2) is 20.1 Å². The molecule has 0 aromatic heterocycles. The minimum absolute atomic E-state index is 0.835. The molecule has 0 unspecified atom stereocenters. The third-order valence-electron chi connectivity index (χ3n) is 3.46. The molecular formula is C17H30N2. The summed E-state index contributed by atoms with van der Waals surface area (Å²) in [6, 6.07) is 8.76. The van der Waals surface area contributed by atoms with E-state index in [0.29, 0.717) is 0 Å². The molecule has 0 saturated carbocycles. The van der Waals surface area contributed by atoms with Crippen molar-refractivity contribution in [3.8, 4) is 0 Å². The molecule has 0 amide bonds. The number of rotatable bonds is 10. The molecule has 0 atom stereocenters. The van der Waals surface area contributed by atoms with E-state index in [9.17, 15) is 0 Å². The topological polar surface area (TPSA) is 24.1 Å². The number of hydrogen-bond acceptors (Lipinski definition) is 2. The molecule has 1 aromatic carbocycles. The summed E-state index contributed by atoms with van der Waals surface area (Å²) in [7, 11) is 2.01. The number of unbranched alkanes of at least 4 members (excludes halogenated alkanes) is 1. The molecule has 0 heterocycles. The average Bonchev–Trinajstić information content (AvgIpc) is 2.41. The minimum Gasteiger partial charge on any atom is -0.319 e. The molecule has 0 fully saturated rings. The molecule has 2 heteroatoms. The van der Waals surface area contributed by atoms with E-state index in [0.717, 1.165) is 32.0 Å². The lowest BCUT2D eigenvalue weighted by molar-refractivity contribution is 0.520. The first-order chi connectivity index (χ1) is 9.24. The van der Waals surface area contributed by atoms with Gasteiger partial charge in [0, 0.05) is 6.54 Å². The summed E-state index contributed by atoms with van der Waals surface area (Å²) in [5.74, 6) is 0.835. The van der Waals surface area contributed by atoms with Gasteiger partial charge >= 0.3 is 0 Å². The van der Waals surface area contributed by atoms with E-state index < -0.39 is 0 Å². The van der Waals surface area contributed by atoms with Gasteiger partial charge in [-0.2, -0.15) is 0 Å². The first-order valence-electron chi connectivity index (χ1n) is 7.66. The van der Waals surface area contributed by atoms with E-state index in [1.54, 1.807) is 0 Å². The van der Waals surface area contributed by atoms with Crippen LogP contribution in [0.3, 0.4) is 0 Å². The monoisotopic (exact) mass is 262 g/mol. The van der Waals surface area contributed by atoms with Crippen molar-refractivity contribution in [2.45, 2.75) is 46.1 Å². The smallest absolute Gasteiger partial charge is 0.0208 e. The van der Waals surface area contributed by atoms with E-state index in [1.165, 1.54) is 30.4 Å². The van der Waals surface area contributed by atoms with Gasteiger partial charge in [0.15, 0.2) is 0 Å². The highest BCUT2D eigenvalue weighted by atomic mass is 14.8. The van der Waals surface area contributed by atoms with E-state index in [-0.39, 0.29) is 0 Å². The molecule has 1 aromatic rings. The largest absolute Gasteiger partial charge is 0.319 e. The van der Waals surface area contributed by atoms with Gasteiger partial charge < -0.3 is 10.6 Å². The Morgan fingerprint density at radius 2 is 1.74 bits per heavy atom. The van der Waals surface area contributed by atoms with Crippen molar-refractivity contribution in [1.82, 2.24) is 10.6 Å². The molecular weight excluding hydrogens is 232 g/mol. The highest BCUT2D eigenvalue weighted by Gasteiger charge is 2.01. The summed E-state index contributed by atoms with van der Waals surface area (Å²) in [6.07, 6.45) is 5.09. The molecule has 2 N–H and O–H groups in total. The predicted molar refractivity (Wildman–Crippen MR) is 84.5 cm³/mol. The fourth-order valence-electron chi connectivity index (χ4n) is 2.26. The molecule has 2 nitrogen and oxygen atoms in total. The highest BCUT2D eigenvalue weighted by molar-refractivity contribution is 5.27. The lowest BCUT2D eigenvalue weighted by Crippen LogP contribution is -2.17. The van der Waals surface area contributed by atoms with E-state index >= 15 is 0 Å². The van der Waals surface area contributed by atoms with Crippen molar-refractivity contribution in [3.05, 3.63) is 35.4 Å². The van der Waals surface area contributed by atoms with Gasteiger partial charge in [-0.25, -0.2) is 0 Å². The molecule has 108 valence electrons. The normalized spacial score (nSPS) is 11.2. The van der Waals surface area contributed by atoms with Crippen molar-refractivity contribution in [1.29, 1.82) is 0 Å². The second-order valence-corrected chi connectivity index (χ2v) is 5.69. The van der Waals surface area contributed by atoms with Crippen molar-refractivity contribution < 1.29 is 0 Å². The lowest BCUT2D eigenvalue weighted by Gasteiger charge is -2.11. The SMILES string of the molecule is CNCCc1ccccc1CNCCCCC(C)C. The quantitative estimate of drug-likeness (QED) is 0.632. The summed E-state index contributed by atoms with van der Waals surface area (Å²) < 4.78 is 0. The Morgan fingerprint density at radius 1 is 1.00 bits per heavy atom. The first-order valence-corrected chi connectivity index (χ1v) is 7.66. The Morgan fingerprint density at radius 3 is 2.42 bits per heavy atom. The van der Waals surface area contributed by atoms with Gasteiger partial charge in [0.05, 0.1) is 0 Å². The van der Waals surface area contributed by atoms with Gasteiger partial charge in [0.1, 0.15) is 0 Å². The Kier molecular flexibility index (Phi) is 8.52. The third kappa shape index (κ3) is 7.34. The van der Waals surface area contributed by atoms with Gasteiger partial charge in [-0.3, -0.25) is 0 Å². The Labute approximate surface area is 119 Å². The van der Waals surface area contributed by atoms with Crippen LogP contribution < -0.4 is 10.6 Å². The molecule has 0 saturated heterocycles. The zero-order chi connectivity index (χ0) is 13.9. The second-order valence-electron chi connectivity index (χ2n) is 5.69. The zero-order valence-electron chi connectivity index (χ0n) is 12.8. The summed E-state index contributed by atoms with van der Waals surface area (Å²) in [5, 5.41) is 6.79. The van der Waals surface area contributed by atoms with Gasteiger partial charge in [-0.15, -0.1) is 0 Å². The average molecular weight is 262 g/mol. The minimum atomic E-state index is 0.835. The van der Waals surface area contributed by atoms with Crippen LogP contribution in [0.5, 0.6) is 0 Å². The Bertz CT molecular complexity index is 334. The van der Waals surface area contributed by atoms with Crippen molar-refractivity contribution in [2.75, 3.05) is 20.1 Å². The standard InChI is InChI=1S/C17H30N2/c1-15(2)8-6-7-12-19-14-17-10-5-4-9-16(17)11-13-18-3/h4-5,9-10,15,18-19H,6-8,11-14H2,1-3H3. The zero-order valence-corrected chi connectivity index (χ0v) is 12.8. The maximum absolute atomic E-state index is 3.57. The summed E-state index contributed by atoms with van der Waals surface area (Å²) >= 11 is 0. The van der Waals surface area contributed by atoms with Crippen molar-refractivity contribution >= 4 is 0 Å². The predicted octanol–water partition coefficient (Wildman–Crippen LogP) is 3.36. The van der Waals surface area contributed by atoms with Crippen LogP contribution in [0.4, 0.5) is 0 Å². The van der Waals surface area contributed by atoms with Crippen LogP contribution in [0.2, 0.25) is 0 Å². The Hall–Kier alpha value is -0.860. The maximum atomic E-state index is 3.57. The number of hydrogen-bond donors (Lipinski definition) is 2. The van der Waals surface area contributed by atoms with Gasteiger partial charge in [-0.1, -0.05) is 51.0 Å². The fourth-order valence-corrected chi connectivity index (χ4v) is 2.26. The van der Waals surface area contributed by atoms with Crippen LogP contribution in [0, 0.1) is 5.92 Å². The number of likely N-dealkylation sites (N-methyl/N-ethyl adjacent to an activating group) is 1. The van der Waals surface area contributed by atoms with E-state index in [2.05, 4.69) is 48.7 Å². The molecule has 0 aliphatic heterocycles. The van der Waals surface area contributed by atoms with Crippen LogP contribution in [0.15, 0.2) is 24.3 Å². The van der Waals surface area contributed by atoms with Gasteiger partial charge in [-0.05, 0) is 50.0 Å². The number of benzene rings is 1.